The van der Waals surface area contributed by atoms with E-state index < -0.39 is 0 Å². The Morgan fingerprint density at radius 1 is 1.20 bits per heavy atom. The van der Waals surface area contributed by atoms with Gasteiger partial charge in [0.2, 0.25) is 5.95 Å². The highest BCUT2D eigenvalue weighted by atomic mass is 16.5. The van der Waals surface area contributed by atoms with Crippen molar-refractivity contribution in [3.05, 3.63) is 36.0 Å². The first-order valence-corrected chi connectivity index (χ1v) is 7.06. The summed E-state index contributed by atoms with van der Waals surface area (Å²) in [6.45, 7) is 7.66. The minimum absolute atomic E-state index is 0.651. The Morgan fingerprint density at radius 3 is 2.75 bits per heavy atom. The SMILES string of the molecule is CCCOc1ccccc1-c1nc(NCC)ncc1C. The molecule has 2 rings (SSSR count). The van der Waals surface area contributed by atoms with Crippen LogP contribution in [0.5, 0.6) is 5.75 Å². The molecule has 1 aromatic heterocycles. The predicted octanol–water partition coefficient (Wildman–Crippen LogP) is 3.67. The van der Waals surface area contributed by atoms with Gasteiger partial charge >= 0.3 is 0 Å². The van der Waals surface area contributed by atoms with Crippen LogP contribution in [0.25, 0.3) is 11.3 Å². The van der Waals surface area contributed by atoms with Gasteiger partial charge in [0.1, 0.15) is 5.75 Å². The molecule has 0 saturated carbocycles. The van der Waals surface area contributed by atoms with Gasteiger partial charge in [-0.05, 0) is 38.0 Å². The Bertz CT molecular complexity index is 569. The van der Waals surface area contributed by atoms with E-state index in [1.54, 1.807) is 0 Å². The quantitative estimate of drug-likeness (QED) is 0.870. The summed E-state index contributed by atoms with van der Waals surface area (Å²) in [6, 6.07) is 8.01. The van der Waals surface area contributed by atoms with Gasteiger partial charge in [-0.1, -0.05) is 19.1 Å². The summed E-state index contributed by atoms with van der Waals surface area (Å²) in [5.74, 6) is 1.52. The normalized spacial score (nSPS) is 10.3. The molecule has 0 saturated heterocycles. The zero-order chi connectivity index (χ0) is 14.4. The van der Waals surface area contributed by atoms with E-state index in [-0.39, 0.29) is 0 Å². The molecule has 0 atom stereocenters. The second-order valence-corrected chi connectivity index (χ2v) is 4.60. The number of benzene rings is 1. The summed E-state index contributed by atoms with van der Waals surface area (Å²) in [5, 5.41) is 3.14. The molecule has 0 fully saturated rings. The van der Waals surface area contributed by atoms with Crippen molar-refractivity contribution < 1.29 is 4.74 Å². The van der Waals surface area contributed by atoms with E-state index in [9.17, 15) is 0 Å². The molecule has 106 valence electrons. The minimum Gasteiger partial charge on any atom is -0.493 e. The van der Waals surface area contributed by atoms with Gasteiger partial charge in [0.15, 0.2) is 0 Å². The van der Waals surface area contributed by atoms with Crippen molar-refractivity contribution in [3.8, 4) is 17.0 Å². The molecule has 0 aliphatic heterocycles. The fourth-order valence-corrected chi connectivity index (χ4v) is 1.96. The topological polar surface area (TPSA) is 47.0 Å². The van der Waals surface area contributed by atoms with Gasteiger partial charge in [-0.2, -0.15) is 0 Å². The van der Waals surface area contributed by atoms with Gasteiger partial charge < -0.3 is 10.1 Å². The van der Waals surface area contributed by atoms with Crippen LogP contribution in [0.4, 0.5) is 5.95 Å². The van der Waals surface area contributed by atoms with Crippen molar-refractivity contribution in [2.75, 3.05) is 18.5 Å². The molecule has 4 heteroatoms. The molecule has 4 nitrogen and oxygen atoms in total. The van der Waals surface area contributed by atoms with Crippen molar-refractivity contribution in [3.63, 3.8) is 0 Å². The molecule has 2 aromatic rings. The Balaban J connectivity index is 2.42. The van der Waals surface area contributed by atoms with E-state index in [4.69, 9.17) is 4.74 Å². The van der Waals surface area contributed by atoms with Gasteiger partial charge in [0.05, 0.1) is 12.3 Å². The maximum absolute atomic E-state index is 5.81. The fourth-order valence-electron chi connectivity index (χ4n) is 1.96. The molecular weight excluding hydrogens is 250 g/mol. The molecule has 0 aliphatic rings. The van der Waals surface area contributed by atoms with E-state index in [1.807, 2.05) is 44.3 Å². The minimum atomic E-state index is 0.651. The monoisotopic (exact) mass is 271 g/mol. The number of nitrogens with one attached hydrogen (secondary N) is 1. The summed E-state index contributed by atoms with van der Waals surface area (Å²) in [5.41, 5.74) is 2.97. The highest BCUT2D eigenvalue weighted by molar-refractivity contribution is 5.70. The highest BCUT2D eigenvalue weighted by Gasteiger charge is 2.11. The van der Waals surface area contributed by atoms with Crippen LogP contribution in [-0.4, -0.2) is 23.1 Å². The fraction of sp³-hybridized carbons (Fsp3) is 0.375. The second kappa shape index (κ2) is 6.89. The van der Waals surface area contributed by atoms with Gasteiger partial charge in [0.25, 0.3) is 0 Å². The van der Waals surface area contributed by atoms with Gasteiger partial charge in [-0.25, -0.2) is 9.97 Å². The predicted molar refractivity (Wildman–Crippen MR) is 82.2 cm³/mol. The Hall–Kier alpha value is -2.10. The summed E-state index contributed by atoms with van der Waals surface area (Å²) >= 11 is 0. The molecule has 0 aliphatic carbocycles. The van der Waals surface area contributed by atoms with E-state index in [0.717, 1.165) is 35.5 Å². The van der Waals surface area contributed by atoms with Crippen molar-refractivity contribution in [2.45, 2.75) is 27.2 Å². The number of hydrogen-bond donors (Lipinski definition) is 1. The maximum Gasteiger partial charge on any atom is 0.223 e. The van der Waals surface area contributed by atoms with Crippen molar-refractivity contribution in [1.29, 1.82) is 0 Å². The largest absolute Gasteiger partial charge is 0.493 e. The second-order valence-electron chi connectivity index (χ2n) is 4.60. The number of anilines is 1. The van der Waals surface area contributed by atoms with Gasteiger partial charge in [-0.15, -0.1) is 0 Å². The first kappa shape index (κ1) is 14.3. The van der Waals surface area contributed by atoms with E-state index in [2.05, 4.69) is 22.2 Å². The highest BCUT2D eigenvalue weighted by Crippen LogP contribution is 2.31. The number of rotatable bonds is 6. The molecule has 0 bridgehead atoms. The lowest BCUT2D eigenvalue weighted by atomic mass is 10.1. The summed E-state index contributed by atoms with van der Waals surface area (Å²) < 4.78 is 5.81. The van der Waals surface area contributed by atoms with Crippen molar-refractivity contribution in [2.24, 2.45) is 0 Å². The molecular formula is C16H21N3O. The molecule has 0 radical (unpaired) electrons. The van der Waals surface area contributed by atoms with Crippen LogP contribution in [0, 0.1) is 6.92 Å². The summed E-state index contributed by atoms with van der Waals surface area (Å²) in [6.07, 6.45) is 2.83. The van der Waals surface area contributed by atoms with Crippen LogP contribution in [0.15, 0.2) is 30.5 Å². The molecule has 1 N–H and O–H groups in total. The van der Waals surface area contributed by atoms with Crippen LogP contribution in [0.3, 0.4) is 0 Å². The number of aryl methyl sites for hydroxylation is 1. The summed E-state index contributed by atoms with van der Waals surface area (Å²) in [7, 11) is 0. The van der Waals surface area contributed by atoms with Crippen LogP contribution in [-0.2, 0) is 0 Å². The third-order valence-electron chi connectivity index (χ3n) is 2.91. The van der Waals surface area contributed by atoms with Crippen LogP contribution in [0.2, 0.25) is 0 Å². The first-order chi connectivity index (χ1) is 9.76. The number of hydrogen-bond acceptors (Lipinski definition) is 4. The zero-order valence-electron chi connectivity index (χ0n) is 12.3. The summed E-state index contributed by atoms with van der Waals surface area (Å²) in [4.78, 5) is 8.88. The van der Waals surface area contributed by atoms with Crippen molar-refractivity contribution >= 4 is 5.95 Å². The maximum atomic E-state index is 5.81. The zero-order valence-corrected chi connectivity index (χ0v) is 12.3. The Kier molecular flexibility index (Phi) is 4.93. The van der Waals surface area contributed by atoms with Crippen molar-refractivity contribution in [1.82, 2.24) is 9.97 Å². The lowest BCUT2D eigenvalue weighted by molar-refractivity contribution is 0.318. The van der Waals surface area contributed by atoms with Crippen LogP contribution in [0.1, 0.15) is 25.8 Å². The molecule has 0 amide bonds. The van der Waals surface area contributed by atoms with Gasteiger partial charge in [-0.3, -0.25) is 0 Å². The lowest BCUT2D eigenvalue weighted by Crippen LogP contribution is -2.04. The van der Waals surface area contributed by atoms with Crippen LogP contribution >= 0.6 is 0 Å². The third-order valence-corrected chi connectivity index (χ3v) is 2.91. The van der Waals surface area contributed by atoms with E-state index in [1.165, 1.54) is 0 Å². The van der Waals surface area contributed by atoms with Gasteiger partial charge in [0, 0.05) is 18.3 Å². The molecule has 1 heterocycles. The Morgan fingerprint density at radius 2 is 2.00 bits per heavy atom. The van der Waals surface area contributed by atoms with E-state index in [0.29, 0.717) is 12.6 Å². The van der Waals surface area contributed by atoms with Crippen LogP contribution < -0.4 is 10.1 Å². The number of aromatic nitrogens is 2. The standard InChI is InChI=1S/C16H21N3O/c1-4-10-20-14-9-7-6-8-13(14)15-12(3)11-18-16(19-15)17-5-2/h6-9,11H,4-5,10H2,1-3H3,(H,17,18,19). The third kappa shape index (κ3) is 3.26. The average Bonchev–Trinajstić information content (AvgIpc) is 2.48. The number of para-hydroxylation sites is 1. The molecule has 0 spiro atoms. The molecule has 0 unspecified atom stereocenters. The molecule has 20 heavy (non-hydrogen) atoms. The smallest absolute Gasteiger partial charge is 0.223 e. The molecule has 1 aromatic carbocycles. The lowest BCUT2D eigenvalue weighted by Gasteiger charge is -2.13. The Labute approximate surface area is 120 Å². The number of nitrogens with zero attached hydrogens (tertiary/aromatic N) is 2. The van der Waals surface area contributed by atoms with E-state index >= 15 is 0 Å². The first-order valence-electron chi connectivity index (χ1n) is 7.06. The number of ether oxygens (including phenoxy) is 1. The average molecular weight is 271 g/mol.